The molecule has 0 saturated carbocycles. The Hall–Kier alpha value is -4.12. The maximum Gasteiger partial charge on any atom is 0.269 e. The van der Waals surface area contributed by atoms with Crippen molar-refractivity contribution in [3.8, 4) is 11.5 Å². The average Bonchev–Trinajstić information content (AvgIpc) is 2.85. The summed E-state index contributed by atoms with van der Waals surface area (Å²) >= 11 is 11.8. The highest BCUT2D eigenvalue weighted by Gasteiger charge is 2.14. The van der Waals surface area contributed by atoms with Crippen LogP contribution in [-0.4, -0.2) is 24.9 Å². The van der Waals surface area contributed by atoms with Crippen LogP contribution in [0.4, 0.5) is 11.4 Å². The molecule has 4 aromatic rings. The topological polar surface area (TPSA) is 142 Å². The third-order valence-corrected chi connectivity index (χ3v) is 5.05. The first-order valence-electron chi connectivity index (χ1n) is 9.79. The zero-order valence-electron chi connectivity index (χ0n) is 17.7. The summed E-state index contributed by atoms with van der Waals surface area (Å²) in [4.78, 5) is 27.6. The van der Waals surface area contributed by atoms with Crippen LogP contribution in [0.15, 0.2) is 85.5 Å². The van der Waals surface area contributed by atoms with Crippen LogP contribution in [-0.2, 0) is 0 Å². The summed E-state index contributed by atoms with van der Waals surface area (Å²) in [6.07, 6.45) is 3.65. The molecule has 0 aliphatic heterocycles. The Balaban J connectivity index is 0.000000198. The first kappa shape index (κ1) is 25.5. The number of aliphatic hydroxyl groups excluding tert-OH is 1. The first-order valence-corrected chi connectivity index (χ1v) is 10.5. The van der Waals surface area contributed by atoms with Crippen LogP contribution in [0.2, 0.25) is 10.0 Å². The van der Waals surface area contributed by atoms with Gasteiger partial charge < -0.3 is 9.84 Å². The van der Waals surface area contributed by atoms with Crippen molar-refractivity contribution < 1.29 is 19.7 Å². The second-order valence-corrected chi connectivity index (χ2v) is 7.69. The molecule has 0 amide bonds. The molecule has 1 aromatic heterocycles. The van der Waals surface area contributed by atoms with Gasteiger partial charge in [0.2, 0.25) is 0 Å². The molecule has 0 radical (unpaired) electrons. The number of nitro benzene ring substituents is 2. The molecule has 0 saturated heterocycles. The van der Waals surface area contributed by atoms with Gasteiger partial charge in [-0.3, -0.25) is 20.2 Å². The van der Waals surface area contributed by atoms with Crippen LogP contribution >= 0.6 is 23.2 Å². The van der Waals surface area contributed by atoms with Crippen LogP contribution in [0.25, 0.3) is 0 Å². The smallest absolute Gasteiger partial charge is 0.269 e. The zero-order valence-corrected chi connectivity index (χ0v) is 19.2. The van der Waals surface area contributed by atoms with Gasteiger partial charge in [0.15, 0.2) is 0 Å². The summed E-state index contributed by atoms with van der Waals surface area (Å²) in [6, 6.07) is 16.1. The number of aromatic nitrogens is 2. The lowest BCUT2D eigenvalue weighted by Gasteiger charge is -2.12. The van der Waals surface area contributed by atoms with E-state index in [1.54, 1.807) is 30.6 Å². The van der Waals surface area contributed by atoms with E-state index in [-0.39, 0.29) is 11.4 Å². The third kappa shape index (κ3) is 7.18. The minimum absolute atomic E-state index is 0.0314. The second kappa shape index (κ2) is 11.8. The van der Waals surface area contributed by atoms with Crippen LogP contribution in [0.1, 0.15) is 17.2 Å². The molecule has 1 atom stereocenters. The Morgan fingerprint density at radius 3 is 1.71 bits per heavy atom. The number of rotatable bonds is 6. The maximum atomic E-state index is 10.5. The van der Waals surface area contributed by atoms with E-state index in [1.807, 2.05) is 0 Å². The monoisotopic (exact) mass is 514 g/mol. The van der Waals surface area contributed by atoms with Crippen molar-refractivity contribution in [2.24, 2.45) is 0 Å². The summed E-state index contributed by atoms with van der Waals surface area (Å²) in [7, 11) is 0. The van der Waals surface area contributed by atoms with Gasteiger partial charge in [0, 0.05) is 57.8 Å². The number of ether oxygens (including phenoxy) is 1. The molecule has 4 rings (SSSR count). The Kier molecular flexibility index (Phi) is 8.63. The second-order valence-electron chi connectivity index (χ2n) is 6.84. The number of hydrogen-bond acceptors (Lipinski definition) is 8. The lowest BCUT2D eigenvalue weighted by atomic mass is 10.0. The van der Waals surface area contributed by atoms with Crippen molar-refractivity contribution in [3.05, 3.63) is 127 Å². The van der Waals surface area contributed by atoms with Gasteiger partial charge in [-0.1, -0.05) is 29.3 Å². The molecule has 0 fully saturated rings. The van der Waals surface area contributed by atoms with E-state index in [2.05, 4.69) is 9.97 Å². The normalized spacial score (nSPS) is 11.1. The molecular formula is C23H16Cl2N4O6. The van der Waals surface area contributed by atoms with E-state index in [4.69, 9.17) is 27.9 Å². The van der Waals surface area contributed by atoms with Crippen molar-refractivity contribution in [2.45, 2.75) is 6.10 Å². The van der Waals surface area contributed by atoms with Crippen molar-refractivity contribution in [1.82, 2.24) is 9.97 Å². The number of non-ortho nitro benzene ring substituents is 2. The molecule has 12 heteroatoms. The van der Waals surface area contributed by atoms with Crippen molar-refractivity contribution in [2.75, 3.05) is 0 Å². The fourth-order valence-corrected chi connectivity index (χ4v) is 3.27. The van der Waals surface area contributed by atoms with Gasteiger partial charge in [0.05, 0.1) is 9.85 Å². The van der Waals surface area contributed by atoms with Crippen LogP contribution < -0.4 is 4.74 Å². The number of nitrogens with zero attached hydrogens (tertiary/aromatic N) is 4. The highest BCUT2D eigenvalue weighted by Crippen LogP contribution is 2.29. The Morgan fingerprint density at radius 2 is 1.29 bits per heavy atom. The predicted octanol–water partition coefficient (Wildman–Crippen LogP) is 6.16. The largest absolute Gasteiger partial charge is 0.457 e. The molecule has 0 aliphatic carbocycles. The summed E-state index contributed by atoms with van der Waals surface area (Å²) in [5, 5.41) is 32.0. The first-order chi connectivity index (χ1) is 16.7. The van der Waals surface area contributed by atoms with Gasteiger partial charge in [0.25, 0.3) is 11.4 Å². The number of halogens is 2. The van der Waals surface area contributed by atoms with Gasteiger partial charge >= 0.3 is 0 Å². The summed E-state index contributed by atoms with van der Waals surface area (Å²) in [6.45, 7) is 0. The molecule has 10 nitrogen and oxygen atoms in total. The van der Waals surface area contributed by atoms with Crippen LogP contribution in [0.3, 0.4) is 0 Å². The Morgan fingerprint density at radius 1 is 0.800 bits per heavy atom. The number of benzene rings is 3. The van der Waals surface area contributed by atoms with E-state index in [0.717, 1.165) is 0 Å². The van der Waals surface area contributed by atoms with Gasteiger partial charge in [-0.15, -0.1) is 0 Å². The zero-order chi connectivity index (χ0) is 25.4. The number of nitro groups is 2. The van der Waals surface area contributed by atoms with Crippen molar-refractivity contribution in [3.63, 3.8) is 0 Å². The van der Waals surface area contributed by atoms with Gasteiger partial charge in [-0.2, -0.15) is 0 Å². The van der Waals surface area contributed by atoms with Gasteiger partial charge in [0.1, 0.15) is 23.9 Å². The van der Waals surface area contributed by atoms with Gasteiger partial charge in [-0.25, -0.2) is 9.97 Å². The summed E-state index contributed by atoms with van der Waals surface area (Å²) in [5.41, 5.74) is 1.11. The quantitative estimate of drug-likeness (QED) is 0.238. The predicted molar refractivity (Wildman–Crippen MR) is 129 cm³/mol. The standard InChI is InChI=1S/C12H8N2O5.C11H8Cl2N2O/c15-13(16)9-1-5-11(6-2-9)19-12-7-3-10(4-8-12)14(17)18;12-8-1-2-9(10(13)3-8)11(16)7-4-14-6-15-5-7/h1-8H;1-6,11,16H. The fraction of sp³-hybridized carbons (Fsp3) is 0.0435. The third-order valence-electron chi connectivity index (χ3n) is 4.48. The van der Waals surface area contributed by atoms with Gasteiger partial charge in [-0.05, 0) is 36.4 Å². The Bertz CT molecular complexity index is 1250. The molecular weight excluding hydrogens is 499 g/mol. The van der Waals surface area contributed by atoms with Crippen LogP contribution in [0.5, 0.6) is 11.5 Å². The molecule has 0 spiro atoms. The molecule has 35 heavy (non-hydrogen) atoms. The van der Waals surface area contributed by atoms with E-state index < -0.39 is 16.0 Å². The fourth-order valence-electron chi connectivity index (χ4n) is 2.76. The minimum Gasteiger partial charge on any atom is -0.457 e. The molecule has 0 bridgehead atoms. The molecule has 0 aliphatic rings. The van der Waals surface area contributed by atoms with E-state index in [9.17, 15) is 25.3 Å². The van der Waals surface area contributed by atoms with E-state index >= 15 is 0 Å². The SMILES string of the molecule is O=[N+]([O-])c1ccc(Oc2ccc([N+](=O)[O-])cc2)cc1.OC(c1cncnc1)c1ccc(Cl)cc1Cl. The molecule has 1 unspecified atom stereocenters. The lowest BCUT2D eigenvalue weighted by Crippen LogP contribution is -2.01. The lowest BCUT2D eigenvalue weighted by molar-refractivity contribution is -0.385. The summed E-state index contributed by atoms with van der Waals surface area (Å²) < 4.78 is 5.40. The van der Waals surface area contributed by atoms with Crippen molar-refractivity contribution in [1.29, 1.82) is 0 Å². The number of hydrogen-bond donors (Lipinski definition) is 1. The van der Waals surface area contributed by atoms with E-state index in [0.29, 0.717) is 32.7 Å². The highest BCUT2D eigenvalue weighted by atomic mass is 35.5. The highest BCUT2D eigenvalue weighted by molar-refractivity contribution is 6.35. The van der Waals surface area contributed by atoms with Crippen LogP contribution in [0, 0.1) is 20.2 Å². The summed E-state index contributed by atoms with van der Waals surface area (Å²) in [5.74, 6) is 0.832. The molecule has 1 heterocycles. The van der Waals surface area contributed by atoms with E-state index in [1.165, 1.54) is 54.9 Å². The molecule has 1 N–H and O–H groups in total. The maximum absolute atomic E-state index is 10.5. The van der Waals surface area contributed by atoms with Crippen molar-refractivity contribution >= 4 is 34.6 Å². The average molecular weight is 515 g/mol. The Labute approximate surface area is 208 Å². The molecule has 178 valence electrons. The number of aliphatic hydroxyl groups is 1. The molecule has 3 aromatic carbocycles. The minimum atomic E-state index is -0.842.